The number of hydrogen-bond acceptors (Lipinski definition) is 4. The summed E-state index contributed by atoms with van der Waals surface area (Å²) >= 11 is 0. The van der Waals surface area contributed by atoms with E-state index in [9.17, 15) is 14.4 Å². The molecule has 2 rings (SSSR count). The molecule has 7 heteroatoms. The van der Waals surface area contributed by atoms with Crippen molar-refractivity contribution in [3.05, 3.63) is 29.8 Å². The van der Waals surface area contributed by atoms with E-state index in [2.05, 4.69) is 10.6 Å². The smallest absolute Gasteiger partial charge is 0.345 e. The van der Waals surface area contributed by atoms with Gasteiger partial charge in [-0.2, -0.15) is 5.32 Å². The Bertz CT molecular complexity index is 511. The summed E-state index contributed by atoms with van der Waals surface area (Å²) in [6, 6.07) is 4.27. The zero-order chi connectivity index (χ0) is 12.6. The standard InChI is InChI=1S/C10H8N3O4/c11-7(15)10(8(16)12-9(17)13-10)5-1-3-6(14)4-2-5/h1-4,14H,(H2,11,15)(H,13,17)/t10-/m0/s1. The molecule has 1 aliphatic rings. The highest BCUT2D eigenvalue weighted by Crippen LogP contribution is 2.26. The molecule has 1 fully saturated rings. The molecule has 0 bridgehead atoms. The predicted molar refractivity (Wildman–Crippen MR) is 54.7 cm³/mol. The molecular weight excluding hydrogens is 226 g/mol. The van der Waals surface area contributed by atoms with Crippen molar-refractivity contribution in [1.82, 2.24) is 10.6 Å². The van der Waals surface area contributed by atoms with E-state index in [0.29, 0.717) is 0 Å². The molecule has 1 aliphatic heterocycles. The topological polar surface area (TPSA) is 124 Å². The predicted octanol–water partition coefficient (Wildman–Crippen LogP) is -1.07. The quantitative estimate of drug-likeness (QED) is 0.445. The van der Waals surface area contributed by atoms with Crippen LogP contribution in [0.2, 0.25) is 0 Å². The fraction of sp³-hybridized carbons (Fsp3) is 0.100. The molecule has 4 N–H and O–H groups in total. The Kier molecular flexibility index (Phi) is 2.24. The van der Waals surface area contributed by atoms with Crippen molar-refractivity contribution in [1.29, 1.82) is 0 Å². The molecule has 1 heterocycles. The molecule has 87 valence electrons. The number of imide groups is 1. The van der Waals surface area contributed by atoms with Crippen LogP contribution in [0, 0.1) is 0 Å². The van der Waals surface area contributed by atoms with Crippen molar-refractivity contribution in [3.8, 4) is 5.75 Å². The summed E-state index contributed by atoms with van der Waals surface area (Å²) < 4.78 is 0. The SMILES string of the molecule is NC(=O)[C@]1(c2ccc(O)cc2)NC(=O)[N]C1=O. The van der Waals surface area contributed by atoms with Crippen LogP contribution in [0.3, 0.4) is 0 Å². The van der Waals surface area contributed by atoms with E-state index >= 15 is 0 Å². The van der Waals surface area contributed by atoms with Crippen LogP contribution in [0.4, 0.5) is 4.79 Å². The Morgan fingerprint density at radius 1 is 1.29 bits per heavy atom. The third-order valence-electron chi connectivity index (χ3n) is 2.49. The van der Waals surface area contributed by atoms with Crippen molar-refractivity contribution < 1.29 is 19.5 Å². The molecule has 7 nitrogen and oxygen atoms in total. The maximum absolute atomic E-state index is 11.6. The Balaban J connectivity index is 2.56. The van der Waals surface area contributed by atoms with Gasteiger partial charge in [0.2, 0.25) is 5.54 Å². The van der Waals surface area contributed by atoms with Crippen molar-refractivity contribution in [2.24, 2.45) is 5.73 Å². The van der Waals surface area contributed by atoms with Gasteiger partial charge in [0.15, 0.2) is 0 Å². The zero-order valence-electron chi connectivity index (χ0n) is 8.51. The molecular formula is C10H8N3O4. The number of nitrogens with one attached hydrogen (secondary N) is 1. The second-order valence-corrected chi connectivity index (χ2v) is 3.51. The first kappa shape index (κ1) is 10.9. The first-order valence-electron chi connectivity index (χ1n) is 4.64. The molecule has 0 saturated carbocycles. The van der Waals surface area contributed by atoms with Gasteiger partial charge >= 0.3 is 6.03 Å². The molecule has 1 radical (unpaired) electrons. The second-order valence-electron chi connectivity index (χ2n) is 3.51. The van der Waals surface area contributed by atoms with E-state index in [-0.39, 0.29) is 11.3 Å². The zero-order valence-corrected chi connectivity index (χ0v) is 8.51. The molecule has 0 unspecified atom stereocenters. The van der Waals surface area contributed by atoms with Crippen molar-refractivity contribution in [2.45, 2.75) is 5.54 Å². The van der Waals surface area contributed by atoms with E-state index in [1.807, 2.05) is 0 Å². The molecule has 4 amide bonds. The number of carbonyl (C=O) groups excluding carboxylic acids is 3. The maximum atomic E-state index is 11.6. The molecule has 0 aliphatic carbocycles. The van der Waals surface area contributed by atoms with Crippen LogP contribution >= 0.6 is 0 Å². The summed E-state index contributed by atoms with van der Waals surface area (Å²) in [6.07, 6.45) is 0. The molecule has 0 aromatic heterocycles. The Morgan fingerprint density at radius 2 is 1.88 bits per heavy atom. The van der Waals surface area contributed by atoms with Gasteiger partial charge < -0.3 is 16.2 Å². The number of primary amides is 1. The number of aromatic hydroxyl groups is 1. The lowest BCUT2D eigenvalue weighted by atomic mass is 9.89. The van der Waals surface area contributed by atoms with E-state index in [1.54, 1.807) is 0 Å². The molecule has 17 heavy (non-hydrogen) atoms. The first-order chi connectivity index (χ1) is 7.96. The van der Waals surface area contributed by atoms with Gasteiger partial charge in [0.25, 0.3) is 11.8 Å². The number of carbonyl (C=O) groups is 3. The van der Waals surface area contributed by atoms with Crippen molar-refractivity contribution >= 4 is 17.8 Å². The average molecular weight is 234 g/mol. The van der Waals surface area contributed by atoms with Gasteiger partial charge in [0.1, 0.15) is 5.75 Å². The average Bonchev–Trinajstić information content (AvgIpc) is 2.56. The fourth-order valence-electron chi connectivity index (χ4n) is 1.63. The third kappa shape index (κ3) is 1.48. The number of nitrogens with zero attached hydrogens (tertiary/aromatic N) is 1. The lowest BCUT2D eigenvalue weighted by molar-refractivity contribution is -0.134. The summed E-state index contributed by atoms with van der Waals surface area (Å²) in [7, 11) is 0. The summed E-state index contributed by atoms with van der Waals surface area (Å²) in [6.45, 7) is 0. The monoisotopic (exact) mass is 234 g/mol. The van der Waals surface area contributed by atoms with Gasteiger partial charge in [-0.3, -0.25) is 9.59 Å². The third-order valence-corrected chi connectivity index (χ3v) is 2.49. The van der Waals surface area contributed by atoms with E-state index in [1.165, 1.54) is 24.3 Å². The van der Waals surface area contributed by atoms with Crippen LogP contribution in [0.1, 0.15) is 5.56 Å². The van der Waals surface area contributed by atoms with Crippen LogP contribution in [0.25, 0.3) is 0 Å². The van der Waals surface area contributed by atoms with Crippen LogP contribution < -0.4 is 16.4 Å². The highest BCUT2D eigenvalue weighted by atomic mass is 16.3. The normalized spacial score (nSPS) is 23.1. The number of phenols is 1. The van der Waals surface area contributed by atoms with Crippen LogP contribution in [-0.4, -0.2) is 23.0 Å². The number of amides is 4. The highest BCUT2D eigenvalue weighted by molar-refractivity contribution is 6.19. The number of hydrogen-bond donors (Lipinski definition) is 3. The van der Waals surface area contributed by atoms with Gasteiger partial charge in [-0.25, -0.2) is 4.79 Å². The van der Waals surface area contributed by atoms with Crippen molar-refractivity contribution in [2.75, 3.05) is 0 Å². The minimum atomic E-state index is -1.97. The Morgan fingerprint density at radius 3 is 2.29 bits per heavy atom. The summed E-state index contributed by atoms with van der Waals surface area (Å²) in [4.78, 5) is 34.1. The number of benzene rings is 1. The van der Waals surface area contributed by atoms with Gasteiger partial charge in [0, 0.05) is 0 Å². The van der Waals surface area contributed by atoms with Gasteiger partial charge in [-0.15, -0.1) is 0 Å². The highest BCUT2D eigenvalue weighted by Gasteiger charge is 2.54. The molecule has 1 saturated heterocycles. The summed E-state index contributed by atoms with van der Waals surface area (Å²) in [5, 5.41) is 14.4. The summed E-state index contributed by atoms with van der Waals surface area (Å²) in [5.74, 6) is -2.02. The second kappa shape index (κ2) is 3.48. The Labute approximate surface area is 95.6 Å². The van der Waals surface area contributed by atoms with Crippen LogP contribution in [0.5, 0.6) is 5.75 Å². The molecule has 1 atom stereocenters. The van der Waals surface area contributed by atoms with Gasteiger partial charge in [-0.1, -0.05) is 12.1 Å². The molecule has 1 aromatic carbocycles. The van der Waals surface area contributed by atoms with Gasteiger partial charge in [-0.05, 0) is 17.7 Å². The molecule has 0 spiro atoms. The largest absolute Gasteiger partial charge is 0.508 e. The number of urea groups is 1. The van der Waals surface area contributed by atoms with Crippen LogP contribution in [-0.2, 0) is 15.1 Å². The van der Waals surface area contributed by atoms with E-state index in [0.717, 1.165) is 0 Å². The number of phenolic OH excluding ortho intramolecular Hbond substituents is 1. The maximum Gasteiger partial charge on any atom is 0.345 e. The van der Waals surface area contributed by atoms with E-state index in [4.69, 9.17) is 10.8 Å². The lowest BCUT2D eigenvalue weighted by Crippen LogP contribution is -2.54. The fourth-order valence-corrected chi connectivity index (χ4v) is 1.63. The minimum absolute atomic E-state index is 0.0397. The Hall–Kier alpha value is -2.57. The first-order valence-corrected chi connectivity index (χ1v) is 4.64. The number of nitrogens with two attached hydrogens (primary N) is 1. The molecule has 1 aromatic rings. The van der Waals surface area contributed by atoms with Crippen LogP contribution in [0.15, 0.2) is 24.3 Å². The number of rotatable bonds is 2. The minimum Gasteiger partial charge on any atom is -0.508 e. The summed E-state index contributed by atoms with van der Waals surface area (Å²) in [5.41, 5.74) is 3.35. The van der Waals surface area contributed by atoms with Crippen molar-refractivity contribution in [3.63, 3.8) is 0 Å². The van der Waals surface area contributed by atoms with Gasteiger partial charge in [0.05, 0.1) is 0 Å². The van der Waals surface area contributed by atoms with E-state index < -0.39 is 23.4 Å². The lowest BCUT2D eigenvalue weighted by Gasteiger charge is -2.21.